The summed E-state index contributed by atoms with van der Waals surface area (Å²) in [7, 11) is 0. The molecule has 1 heterocycles. The second-order valence-corrected chi connectivity index (χ2v) is 5.18. The minimum Gasteiger partial charge on any atom is -0.480 e. The number of hydrogen-bond acceptors (Lipinski definition) is 3. The summed E-state index contributed by atoms with van der Waals surface area (Å²) < 4.78 is 0. The van der Waals surface area contributed by atoms with Crippen LogP contribution in [-0.2, 0) is 4.79 Å². The molecule has 112 valence electrons. The number of nitrogens with zero attached hydrogens (tertiary/aromatic N) is 1. The largest absolute Gasteiger partial charge is 0.480 e. The topological polar surface area (TPSA) is 81.7 Å². The molecule has 0 radical (unpaired) electrons. The molecule has 20 heavy (non-hydrogen) atoms. The summed E-state index contributed by atoms with van der Waals surface area (Å²) in [6, 6.07) is -1.56. The van der Waals surface area contributed by atoms with Gasteiger partial charge in [0.2, 0.25) is 0 Å². The number of carboxylic acids is 1. The summed E-state index contributed by atoms with van der Waals surface area (Å²) >= 11 is 0. The van der Waals surface area contributed by atoms with Gasteiger partial charge in [0, 0.05) is 19.0 Å². The predicted molar refractivity (Wildman–Crippen MR) is 76.3 cm³/mol. The zero-order valence-electron chi connectivity index (χ0n) is 11.9. The first-order valence-corrected chi connectivity index (χ1v) is 6.98. The molecule has 1 rings (SSSR count). The summed E-state index contributed by atoms with van der Waals surface area (Å²) in [5.74, 6) is 1.12. The molecule has 1 aliphatic rings. The van der Waals surface area contributed by atoms with Gasteiger partial charge in [-0.15, -0.1) is 12.3 Å². The number of amides is 2. The van der Waals surface area contributed by atoms with E-state index >= 15 is 0 Å². The highest BCUT2D eigenvalue weighted by atomic mass is 16.4. The average molecular weight is 281 g/mol. The summed E-state index contributed by atoms with van der Waals surface area (Å²) in [5, 5.41) is 14.0. The van der Waals surface area contributed by atoms with E-state index in [1.807, 2.05) is 6.92 Å². The highest BCUT2D eigenvalue weighted by Crippen LogP contribution is 2.08. The van der Waals surface area contributed by atoms with Crippen molar-refractivity contribution in [1.82, 2.24) is 15.5 Å². The number of nitrogens with one attached hydrogen (secondary N) is 2. The van der Waals surface area contributed by atoms with Gasteiger partial charge in [0.25, 0.3) is 0 Å². The van der Waals surface area contributed by atoms with Crippen LogP contribution < -0.4 is 10.6 Å². The van der Waals surface area contributed by atoms with Crippen LogP contribution in [0, 0.1) is 12.3 Å². The first-order chi connectivity index (χ1) is 9.52. The Labute approximate surface area is 119 Å². The van der Waals surface area contributed by atoms with Crippen LogP contribution in [0.15, 0.2) is 0 Å². The van der Waals surface area contributed by atoms with Gasteiger partial charge in [0.15, 0.2) is 0 Å². The third kappa shape index (κ3) is 5.93. The van der Waals surface area contributed by atoms with Crippen LogP contribution >= 0.6 is 0 Å². The van der Waals surface area contributed by atoms with E-state index in [1.165, 1.54) is 19.3 Å². The van der Waals surface area contributed by atoms with E-state index in [9.17, 15) is 9.59 Å². The lowest BCUT2D eigenvalue weighted by Gasteiger charge is -2.29. The minimum atomic E-state index is -1.12. The number of hydrogen-bond donors (Lipinski definition) is 3. The van der Waals surface area contributed by atoms with Gasteiger partial charge in [-0.05, 0) is 32.9 Å². The Kier molecular flexibility index (Phi) is 6.88. The molecule has 6 nitrogen and oxygen atoms in total. The molecule has 2 unspecified atom stereocenters. The monoisotopic (exact) mass is 281 g/mol. The zero-order chi connectivity index (χ0) is 15.0. The van der Waals surface area contributed by atoms with Gasteiger partial charge in [-0.2, -0.15) is 0 Å². The van der Waals surface area contributed by atoms with Crippen molar-refractivity contribution in [3.63, 3.8) is 0 Å². The highest BCUT2D eigenvalue weighted by Gasteiger charge is 2.20. The van der Waals surface area contributed by atoms with E-state index < -0.39 is 18.0 Å². The summed E-state index contributed by atoms with van der Waals surface area (Å²) in [5.41, 5.74) is 0. The van der Waals surface area contributed by atoms with Crippen molar-refractivity contribution in [3.05, 3.63) is 0 Å². The quantitative estimate of drug-likeness (QED) is 0.624. The van der Waals surface area contributed by atoms with E-state index in [1.54, 1.807) is 0 Å². The van der Waals surface area contributed by atoms with Crippen molar-refractivity contribution in [1.29, 1.82) is 0 Å². The molecule has 0 aromatic rings. The van der Waals surface area contributed by atoms with Crippen LogP contribution in [0.1, 0.15) is 32.6 Å². The Hall–Kier alpha value is -1.74. The first kappa shape index (κ1) is 16.3. The summed E-state index contributed by atoms with van der Waals surface area (Å²) in [6.45, 7) is 4.80. The lowest BCUT2D eigenvalue weighted by Crippen LogP contribution is -2.51. The van der Waals surface area contributed by atoms with Crippen LogP contribution in [0.25, 0.3) is 0 Å². The Balaban J connectivity index is 2.32. The van der Waals surface area contributed by atoms with Crippen molar-refractivity contribution in [3.8, 4) is 12.3 Å². The van der Waals surface area contributed by atoms with Crippen molar-refractivity contribution < 1.29 is 14.7 Å². The standard InChI is InChI=1S/C14H23N3O3/c1-3-7-12(13(18)19)16-14(20)15-11(2)10-17-8-5-4-6-9-17/h1,11-12H,4-10H2,2H3,(H,18,19)(H2,15,16,20). The normalized spacial score (nSPS) is 18.6. The van der Waals surface area contributed by atoms with Gasteiger partial charge in [0.1, 0.15) is 6.04 Å². The number of carboxylic acid groups (broad SMARTS) is 1. The van der Waals surface area contributed by atoms with Gasteiger partial charge < -0.3 is 20.6 Å². The fraction of sp³-hybridized carbons (Fsp3) is 0.714. The van der Waals surface area contributed by atoms with Gasteiger partial charge in [-0.25, -0.2) is 9.59 Å². The van der Waals surface area contributed by atoms with Crippen LogP contribution in [0.5, 0.6) is 0 Å². The molecule has 0 aromatic heterocycles. The van der Waals surface area contributed by atoms with E-state index in [0.717, 1.165) is 19.6 Å². The number of carbonyl (C=O) groups is 2. The second kappa shape index (κ2) is 8.43. The molecule has 0 spiro atoms. The number of carbonyl (C=O) groups excluding carboxylic acids is 1. The van der Waals surface area contributed by atoms with E-state index in [2.05, 4.69) is 21.5 Å². The maximum absolute atomic E-state index is 11.7. The van der Waals surface area contributed by atoms with Crippen LogP contribution in [0.3, 0.4) is 0 Å². The third-order valence-corrected chi connectivity index (χ3v) is 3.28. The van der Waals surface area contributed by atoms with Crippen LogP contribution in [0.2, 0.25) is 0 Å². The van der Waals surface area contributed by atoms with Gasteiger partial charge in [0.05, 0.1) is 0 Å². The van der Waals surface area contributed by atoms with E-state index in [-0.39, 0.29) is 12.5 Å². The molecular weight excluding hydrogens is 258 g/mol. The molecule has 1 fully saturated rings. The molecule has 2 amide bonds. The zero-order valence-corrected chi connectivity index (χ0v) is 11.9. The number of piperidine rings is 1. The van der Waals surface area contributed by atoms with E-state index in [4.69, 9.17) is 11.5 Å². The Morgan fingerprint density at radius 3 is 2.50 bits per heavy atom. The molecule has 6 heteroatoms. The SMILES string of the molecule is C#CCC(NC(=O)NC(C)CN1CCCCC1)C(=O)O. The molecule has 0 bridgehead atoms. The van der Waals surface area contributed by atoms with Crippen molar-refractivity contribution >= 4 is 12.0 Å². The smallest absolute Gasteiger partial charge is 0.327 e. The van der Waals surface area contributed by atoms with Gasteiger partial charge in [-0.1, -0.05) is 6.42 Å². The molecule has 2 atom stereocenters. The Morgan fingerprint density at radius 1 is 1.30 bits per heavy atom. The van der Waals surface area contributed by atoms with Crippen molar-refractivity contribution in [2.75, 3.05) is 19.6 Å². The van der Waals surface area contributed by atoms with Crippen molar-refractivity contribution in [2.45, 2.75) is 44.7 Å². The molecule has 0 saturated carbocycles. The Bertz CT molecular complexity index is 372. The highest BCUT2D eigenvalue weighted by molar-refractivity contribution is 5.82. The summed E-state index contributed by atoms with van der Waals surface area (Å²) in [4.78, 5) is 24.9. The number of aliphatic carboxylic acids is 1. The second-order valence-electron chi connectivity index (χ2n) is 5.18. The summed E-state index contributed by atoms with van der Waals surface area (Å²) in [6.07, 6.45) is 8.71. The lowest BCUT2D eigenvalue weighted by atomic mass is 10.1. The van der Waals surface area contributed by atoms with Gasteiger partial charge >= 0.3 is 12.0 Å². The average Bonchev–Trinajstić information content (AvgIpc) is 2.38. The number of terminal acetylenes is 1. The maximum Gasteiger partial charge on any atom is 0.327 e. The molecule has 1 aliphatic heterocycles. The minimum absolute atomic E-state index is 0.0245. The fourth-order valence-corrected chi connectivity index (χ4v) is 2.32. The molecule has 3 N–H and O–H groups in total. The van der Waals surface area contributed by atoms with Crippen molar-refractivity contribution in [2.24, 2.45) is 0 Å². The number of urea groups is 1. The number of likely N-dealkylation sites (tertiary alicyclic amines) is 1. The van der Waals surface area contributed by atoms with Crippen LogP contribution in [-0.4, -0.2) is 53.7 Å². The van der Waals surface area contributed by atoms with Gasteiger partial charge in [-0.3, -0.25) is 0 Å². The molecule has 1 saturated heterocycles. The number of rotatable bonds is 6. The van der Waals surface area contributed by atoms with Crippen LogP contribution in [0.4, 0.5) is 4.79 Å². The maximum atomic E-state index is 11.7. The predicted octanol–water partition coefficient (Wildman–Crippen LogP) is 0.636. The molecule has 0 aliphatic carbocycles. The molecular formula is C14H23N3O3. The lowest BCUT2D eigenvalue weighted by molar-refractivity contribution is -0.139. The van der Waals surface area contributed by atoms with E-state index in [0.29, 0.717) is 0 Å². The third-order valence-electron chi connectivity index (χ3n) is 3.28. The molecule has 0 aromatic carbocycles. The first-order valence-electron chi connectivity index (χ1n) is 6.98. The Morgan fingerprint density at radius 2 is 1.95 bits per heavy atom. The fourth-order valence-electron chi connectivity index (χ4n) is 2.32.